The van der Waals surface area contributed by atoms with Crippen molar-refractivity contribution < 1.29 is 30.7 Å². The summed E-state index contributed by atoms with van der Waals surface area (Å²) in [5.41, 5.74) is 3.90. The van der Waals surface area contributed by atoms with Crippen LogP contribution in [-0.2, 0) is 12.8 Å². The van der Waals surface area contributed by atoms with Gasteiger partial charge in [-0.3, -0.25) is 0 Å². The van der Waals surface area contributed by atoms with Crippen LogP contribution < -0.4 is 0 Å². The highest BCUT2D eigenvalue weighted by Gasteiger charge is 2.23. The maximum Gasteiger partial charge on any atom is 0.409 e. The van der Waals surface area contributed by atoms with Gasteiger partial charge < -0.3 is 0 Å². The zero-order valence-corrected chi connectivity index (χ0v) is 21.3. The first-order chi connectivity index (χ1) is 19.0. The van der Waals surface area contributed by atoms with E-state index >= 15 is 8.78 Å². The van der Waals surface area contributed by atoms with E-state index in [0.717, 1.165) is 41.3 Å². The summed E-state index contributed by atoms with van der Waals surface area (Å²) in [5.74, 6) is -3.86. The molecule has 0 atom stereocenters. The smallest absolute Gasteiger partial charge is 0.206 e. The van der Waals surface area contributed by atoms with E-state index in [1.807, 2.05) is 6.08 Å². The second-order valence-electron chi connectivity index (χ2n) is 9.64. The molecule has 0 amide bonds. The second kappa shape index (κ2) is 10.8. The van der Waals surface area contributed by atoms with Gasteiger partial charge in [-0.2, -0.15) is 13.2 Å². The van der Waals surface area contributed by atoms with Crippen LogP contribution in [0.1, 0.15) is 41.2 Å². The Labute approximate surface area is 227 Å². The average molecular weight is 553 g/mol. The minimum atomic E-state index is -4.75. The lowest BCUT2D eigenvalue weighted by atomic mass is 9.86. The van der Waals surface area contributed by atoms with Gasteiger partial charge in [0, 0.05) is 22.8 Å². The summed E-state index contributed by atoms with van der Waals surface area (Å²) < 4.78 is 96.7. The molecular weight excluding hydrogens is 529 g/mol. The van der Waals surface area contributed by atoms with E-state index in [4.69, 9.17) is 0 Å². The van der Waals surface area contributed by atoms with Gasteiger partial charge in [-0.05, 0) is 82.5 Å². The van der Waals surface area contributed by atoms with Crippen LogP contribution in [0.4, 0.5) is 30.7 Å². The number of halogens is 7. The van der Waals surface area contributed by atoms with Crippen molar-refractivity contribution in [1.82, 2.24) is 0 Å². The first kappa shape index (κ1) is 27.4. The molecule has 0 N–H and O–H groups in total. The van der Waals surface area contributed by atoms with Crippen molar-refractivity contribution in [3.8, 4) is 22.3 Å². The van der Waals surface area contributed by atoms with Gasteiger partial charge in [-0.1, -0.05) is 61.5 Å². The van der Waals surface area contributed by atoms with Crippen molar-refractivity contribution in [1.29, 1.82) is 0 Å². The summed E-state index contributed by atoms with van der Waals surface area (Å²) in [6.07, 6.45) is -0.704. The summed E-state index contributed by atoms with van der Waals surface area (Å²) in [7, 11) is 0. The first-order valence-electron chi connectivity index (χ1n) is 12.7. The number of aryl methyl sites for hydroxylation is 1. The Bertz CT molecular complexity index is 1620. The van der Waals surface area contributed by atoms with Gasteiger partial charge >= 0.3 is 6.18 Å². The maximum absolute atomic E-state index is 15.6. The van der Waals surface area contributed by atoms with Crippen LogP contribution >= 0.6 is 0 Å². The van der Waals surface area contributed by atoms with Gasteiger partial charge in [-0.25, -0.2) is 17.6 Å². The first-order valence-corrected chi connectivity index (χ1v) is 12.7. The fraction of sp³-hybridized carbons (Fsp3) is 0.152. The van der Waals surface area contributed by atoms with Crippen LogP contribution in [0.25, 0.3) is 40.0 Å². The largest absolute Gasteiger partial charge is 0.409 e. The third-order valence-corrected chi connectivity index (χ3v) is 7.10. The van der Waals surface area contributed by atoms with Crippen molar-refractivity contribution in [2.75, 3.05) is 0 Å². The molecule has 4 aromatic rings. The molecule has 0 bridgehead atoms. The summed E-state index contributed by atoms with van der Waals surface area (Å²) >= 11 is 0. The second-order valence-corrected chi connectivity index (χ2v) is 9.64. The number of hydrogen-bond acceptors (Lipinski definition) is 0. The van der Waals surface area contributed by atoms with E-state index in [2.05, 4.69) is 31.2 Å². The van der Waals surface area contributed by atoms with Gasteiger partial charge in [0.2, 0.25) is 0 Å². The molecule has 0 nitrogen and oxygen atoms in total. The van der Waals surface area contributed by atoms with E-state index < -0.39 is 35.0 Å². The Balaban J connectivity index is 1.44. The van der Waals surface area contributed by atoms with Crippen LogP contribution in [0.5, 0.6) is 0 Å². The Morgan fingerprint density at radius 2 is 1.32 bits per heavy atom. The highest BCUT2D eigenvalue weighted by Crippen LogP contribution is 2.37. The van der Waals surface area contributed by atoms with E-state index in [1.54, 1.807) is 12.1 Å². The third-order valence-electron chi connectivity index (χ3n) is 7.10. The van der Waals surface area contributed by atoms with Crippen LogP contribution in [0, 0.1) is 23.3 Å². The van der Waals surface area contributed by atoms with Crippen LogP contribution in [0.3, 0.4) is 0 Å². The van der Waals surface area contributed by atoms with Crippen LogP contribution in [0.15, 0.2) is 72.8 Å². The topological polar surface area (TPSA) is 0 Å². The standard InChI is InChI=1S/C33H23F7/c1-2-19-3-5-20(6-4-19)21-7-11-26-22(15-21)9-12-27(32(26)37)23-8-10-25(29(34)16-23)24-17-30(35)28(31(36)18-24)13-14-33(38,39)40/h3-6,8-10,12-18H,2,7,11H2,1H3/b14-13+. The van der Waals surface area contributed by atoms with E-state index in [0.29, 0.717) is 18.4 Å². The summed E-state index contributed by atoms with van der Waals surface area (Å²) in [4.78, 5) is 0. The van der Waals surface area contributed by atoms with Crippen molar-refractivity contribution in [2.24, 2.45) is 0 Å². The summed E-state index contributed by atoms with van der Waals surface area (Å²) in [6.45, 7) is 2.09. The monoisotopic (exact) mass is 552 g/mol. The molecule has 0 unspecified atom stereocenters. The Morgan fingerprint density at radius 3 is 1.95 bits per heavy atom. The molecule has 1 aliphatic carbocycles. The SMILES string of the molecule is CCc1ccc(C2=Cc3ccc(-c4ccc(-c5cc(F)c(/C=C/C(F)(F)F)c(F)c5)c(F)c4)c(F)c3CC2)cc1. The molecule has 5 rings (SSSR count). The number of rotatable bonds is 5. The number of hydrogen-bond donors (Lipinski definition) is 0. The molecular formula is C33H23F7. The molecule has 0 aliphatic heterocycles. The van der Waals surface area contributed by atoms with Gasteiger partial charge in [0.05, 0.1) is 0 Å². The summed E-state index contributed by atoms with van der Waals surface area (Å²) in [5, 5.41) is 0. The number of allylic oxidation sites excluding steroid dienone is 2. The molecule has 204 valence electrons. The predicted octanol–water partition coefficient (Wildman–Crippen LogP) is 10.2. The molecule has 7 heteroatoms. The highest BCUT2D eigenvalue weighted by molar-refractivity contribution is 5.85. The summed E-state index contributed by atoms with van der Waals surface area (Å²) in [6, 6.07) is 17.0. The number of benzene rings is 4. The van der Waals surface area contributed by atoms with E-state index in [9.17, 15) is 22.0 Å². The minimum Gasteiger partial charge on any atom is -0.206 e. The fourth-order valence-corrected chi connectivity index (χ4v) is 4.94. The highest BCUT2D eigenvalue weighted by atomic mass is 19.4. The third kappa shape index (κ3) is 5.60. The van der Waals surface area contributed by atoms with Crippen molar-refractivity contribution >= 4 is 17.7 Å². The molecule has 0 aromatic heterocycles. The molecule has 0 heterocycles. The minimum absolute atomic E-state index is 0.173. The number of fused-ring (bicyclic) bond motifs is 1. The maximum atomic E-state index is 15.6. The molecule has 1 aliphatic rings. The van der Waals surface area contributed by atoms with Gasteiger partial charge in [-0.15, -0.1) is 0 Å². The van der Waals surface area contributed by atoms with Crippen LogP contribution in [-0.4, -0.2) is 6.18 Å². The molecule has 0 saturated heterocycles. The average Bonchev–Trinajstić information content (AvgIpc) is 2.92. The van der Waals surface area contributed by atoms with E-state index in [-0.39, 0.29) is 34.4 Å². The lowest BCUT2D eigenvalue weighted by molar-refractivity contribution is -0.0790. The Morgan fingerprint density at radius 1 is 0.700 bits per heavy atom. The Hall–Kier alpha value is -4.13. The van der Waals surface area contributed by atoms with Crippen LogP contribution in [0.2, 0.25) is 0 Å². The lowest BCUT2D eigenvalue weighted by Gasteiger charge is -2.19. The van der Waals surface area contributed by atoms with Gasteiger partial charge in [0.25, 0.3) is 0 Å². The number of alkyl halides is 3. The fourth-order valence-electron chi connectivity index (χ4n) is 4.94. The molecule has 40 heavy (non-hydrogen) atoms. The Kier molecular flexibility index (Phi) is 7.41. The van der Waals surface area contributed by atoms with Crippen molar-refractivity contribution in [2.45, 2.75) is 32.4 Å². The van der Waals surface area contributed by atoms with Crippen molar-refractivity contribution in [3.05, 3.63) is 124 Å². The zero-order chi connectivity index (χ0) is 28.6. The quantitative estimate of drug-likeness (QED) is 0.216. The predicted molar refractivity (Wildman–Crippen MR) is 144 cm³/mol. The van der Waals surface area contributed by atoms with Gasteiger partial charge in [0.15, 0.2) is 0 Å². The van der Waals surface area contributed by atoms with Crippen molar-refractivity contribution in [3.63, 3.8) is 0 Å². The molecule has 0 saturated carbocycles. The normalized spacial score (nSPS) is 13.4. The molecule has 0 spiro atoms. The molecule has 0 fully saturated rings. The zero-order valence-electron chi connectivity index (χ0n) is 21.3. The van der Waals surface area contributed by atoms with Gasteiger partial charge in [0.1, 0.15) is 23.3 Å². The lowest BCUT2D eigenvalue weighted by Crippen LogP contribution is -2.04. The molecule has 4 aromatic carbocycles. The molecule has 0 radical (unpaired) electrons. The van der Waals surface area contributed by atoms with E-state index in [1.165, 1.54) is 17.7 Å².